The molecule has 1 saturated heterocycles. The van der Waals surface area contributed by atoms with Crippen LogP contribution < -0.4 is 44.4 Å². The molecule has 3 heterocycles. The van der Waals surface area contributed by atoms with Gasteiger partial charge in [-0.15, -0.1) is 5.06 Å². The Morgan fingerprint density at radius 1 is 0.753 bits per heavy atom. The average Bonchev–Trinajstić information content (AvgIpc) is 4.02. The molecule has 5 rings (SSSR count). The molecule has 1 unspecified atom stereocenters. The van der Waals surface area contributed by atoms with Gasteiger partial charge in [-0.3, -0.25) is 14.1 Å². The summed E-state index contributed by atoms with van der Waals surface area (Å²) >= 11 is 0. The van der Waals surface area contributed by atoms with Crippen LogP contribution in [0.4, 0.5) is 5.69 Å². The molecule has 0 aromatic heterocycles. The van der Waals surface area contributed by atoms with Crippen molar-refractivity contribution in [2.75, 3.05) is 137 Å². The number of carbonyl (C=O) groups is 3. The van der Waals surface area contributed by atoms with Crippen LogP contribution in [0.15, 0.2) is 69.6 Å². The summed E-state index contributed by atoms with van der Waals surface area (Å²) in [5.74, 6) is -1.28. The number of ether oxygens (including phenoxy) is 8. The SMILES string of the molecule is COCCOCCOCCOCC[N+](CCOCCOCCOCCOC)=c1ccc2c(C(C)(C)C)cc(/C=C/C=C3/N(CCCCCC(=O)ON4C(=O)CCC4=O)c4ccc(S(=O)(=O)[O-])cc4C3(C)CCCS(=O)(=O)O)oc-2c1.[Na+]. The van der Waals surface area contributed by atoms with Gasteiger partial charge in [0, 0.05) is 68.5 Å². The van der Waals surface area contributed by atoms with Gasteiger partial charge in [-0.05, 0) is 91.6 Å². The van der Waals surface area contributed by atoms with Crippen molar-refractivity contribution in [3.05, 3.63) is 82.6 Å². The van der Waals surface area contributed by atoms with Crippen LogP contribution in [-0.2, 0) is 88.2 Å². The van der Waals surface area contributed by atoms with Gasteiger partial charge < -0.3 is 56.6 Å². The summed E-state index contributed by atoms with van der Waals surface area (Å²) in [6.45, 7) is 15.8. The first-order valence-electron chi connectivity index (χ1n) is 27.1. The van der Waals surface area contributed by atoms with E-state index in [4.69, 9.17) is 47.1 Å². The monoisotopic (exact) mass is 1190 g/mol. The number of hydrogen-bond acceptors (Lipinski definition) is 19. The number of rotatable bonds is 38. The van der Waals surface area contributed by atoms with Crippen molar-refractivity contribution >= 4 is 49.8 Å². The van der Waals surface area contributed by atoms with Crippen molar-refractivity contribution in [1.29, 1.82) is 0 Å². The topological polar surface area (TPSA) is 268 Å². The van der Waals surface area contributed by atoms with Gasteiger partial charge in [0.25, 0.3) is 21.9 Å². The number of anilines is 1. The molecule has 1 aromatic rings. The van der Waals surface area contributed by atoms with Crippen molar-refractivity contribution in [3.63, 3.8) is 0 Å². The van der Waals surface area contributed by atoms with Crippen molar-refractivity contribution in [1.82, 2.24) is 9.64 Å². The zero-order valence-corrected chi connectivity index (χ0v) is 51.7. The number of fused-ring (bicyclic) bond motifs is 2. The molecule has 1 N–H and O–H groups in total. The summed E-state index contributed by atoms with van der Waals surface area (Å²) < 4.78 is 124. The van der Waals surface area contributed by atoms with Gasteiger partial charge in [0.2, 0.25) is 5.36 Å². The fourth-order valence-corrected chi connectivity index (χ4v) is 10.2. The van der Waals surface area contributed by atoms with Gasteiger partial charge in [0.15, 0.2) is 13.1 Å². The Morgan fingerprint density at radius 2 is 1.31 bits per heavy atom. The Labute approximate surface area is 499 Å². The Balaban J connectivity index is 0.0000141. The van der Waals surface area contributed by atoms with Gasteiger partial charge in [0.05, 0.1) is 96.0 Å². The van der Waals surface area contributed by atoms with Crippen molar-refractivity contribution in [2.24, 2.45) is 0 Å². The molecule has 1 atom stereocenters. The zero-order valence-electron chi connectivity index (χ0n) is 48.1. The van der Waals surface area contributed by atoms with Gasteiger partial charge in [0.1, 0.15) is 34.9 Å². The molecule has 22 nitrogen and oxygen atoms in total. The van der Waals surface area contributed by atoms with E-state index >= 15 is 0 Å². The van der Waals surface area contributed by atoms with Crippen LogP contribution in [0.1, 0.15) is 95.9 Å². The van der Waals surface area contributed by atoms with Crippen LogP contribution in [0.3, 0.4) is 0 Å². The number of hydrogen-bond donors (Lipinski definition) is 1. The minimum atomic E-state index is -4.90. The van der Waals surface area contributed by atoms with Gasteiger partial charge in [-0.1, -0.05) is 33.3 Å². The van der Waals surface area contributed by atoms with Crippen LogP contribution in [0.2, 0.25) is 0 Å². The van der Waals surface area contributed by atoms with E-state index in [1.165, 1.54) is 12.1 Å². The molecule has 3 aliphatic heterocycles. The molecule has 1 fully saturated rings. The minimum Gasteiger partial charge on any atom is -0.744 e. The summed E-state index contributed by atoms with van der Waals surface area (Å²) in [4.78, 5) is 43.1. The first-order chi connectivity index (χ1) is 38.2. The van der Waals surface area contributed by atoms with E-state index in [0.29, 0.717) is 165 Å². The van der Waals surface area contributed by atoms with E-state index in [1.807, 2.05) is 42.2 Å². The second-order valence-electron chi connectivity index (χ2n) is 20.4. The summed E-state index contributed by atoms with van der Waals surface area (Å²) in [6, 6.07) is 12.2. The summed E-state index contributed by atoms with van der Waals surface area (Å²) in [5, 5.41) is 1.39. The molecule has 446 valence electrons. The molecule has 81 heavy (non-hydrogen) atoms. The molecule has 25 heteroatoms. The molecular formula is C56H81N3NaO19S2+. The predicted octanol–water partition coefficient (Wildman–Crippen LogP) is 2.27. The molecule has 0 radical (unpaired) electrons. The second kappa shape index (κ2) is 34.7. The Bertz CT molecular complexity index is 2770. The number of methoxy groups -OCH3 is 2. The van der Waals surface area contributed by atoms with E-state index in [0.717, 1.165) is 16.5 Å². The maximum atomic E-state index is 12.6. The van der Waals surface area contributed by atoms with Gasteiger partial charge in [-0.2, -0.15) is 8.42 Å². The standard InChI is InChI=1S/C56H81N3O19S2.Na/c1-55(2,3)47-41-44(77-50-40-43(15-17-46(47)50)57(23-25-71-31-33-75-37-35-73-29-27-69-5)24-26-72-32-34-76-38-36-74-30-28-70-6)12-10-13-51-56(4,21-11-39-79(63,64)65)48-42-45(80(66,67)68)16-18-49(48)58(51)22-9-7-8-14-54(62)78-59-52(60)19-20-53(59)61;/h10,12-13,15-18,40-42H,7-9,11,14,19-39H2,1-6H3,(H-,63,64,65,66,67,68);/q;+1. The smallest absolute Gasteiger partial charge is 0.744 e. The van der Waals surface area contributed by atoms with Crippen LogP contribution in [0.5, 0.6) is 0 Å². The van der Waals surface area contributed by atoms with E-state index in [9.17, 15) is 40.3 Å². The molecular weight excluding hydrogens is 1110 g/mol. The molecule has 1 aliphatic carbocycles. The summed E-state index contributed by atoms with van der Waals surface area (Å²) in [7, 11) is -6.03. The number of hydroxylamine groups is 2. The van der Waals surface area contributed by atoms with E-state index in [2.05, 4.69) is 31.4 Å². The number of allylic oxidation sites excluding steroid dienone is 3. The van der Waals surface area contributed by atoms with E-state index in [-0.39, 0.29) is 67.1 Å². The van der Waals surface area contributed by atoms with Crippen LogP contribution in [0, 0.1) is 0 Å². The number of carbonyl (C=O) groups excluding carboxylic acids is 3. The quantitative estimate of drug-likeness (QED) is 0.0283. The number of benzene rings is 2. The third-order valence-corrected chi connectivity index (χ3v) is 15.0. The number of imide groups is 1. The van der Waals surface area contributed by atoms with Gasteiger partial charge in [-0.25, -0.2) is 17.8 Å². The Kier molecular flexibility index (Phi) is 29.8. The maximum absolute atomic E-state index is 12.6. The van der Waals surface area contributed by atoms with E-state index in [1.54, 1.807) is 26.4 Å². The number of nitrogens with zero attached hydrogens (tertiary/aromatic N) is 3. The van der Waals surface area contributed by atoms with Crippen LogP contribution in [-0.4, -0.2) is 181 Å². The average molecular weight is 1190 g/mol. The molecule has 2 amide bonds. The molecule has 0 saturated carbocycles. The maximum Gasteiger partial charge on any atom is 1.00 e. The Morgan fingerprint density at radius 3 is 1.84 bits per heavy atom. The largest absolute Gasteiger partial charge is 1.00 e. The van der Waals surface area contributed by atoms with Crippen molar-refractivity contribution < 1.29 is 117 Å². The number of amides is 2. The second-order valence-corrected chi connectivity index (χ2v) is 23.4. The van der Waals surface area contributed by atoms with Crippen molar-refractivity contribution in [3.8, 4) is 11.3 Å². The Hall–Kier alpha value is -3.96. The first-order valence-corrected chi connectivity index (χ1v) is 30.1. The fraction of sp³-hybridized carbons (Fsp3) is 0.607. The fourth-order valence-electron chi connectivity index (χ4n) is 9.24. The summed E-state index contributed by atoms with van der Waals surface area (Å²) in [6.07, 6.45) is 6.86. The van der Waals surface area contributed by atoms with Crippen molar-refractivity contribution in [2.45, 2.75) is 94.8 Å². The minimum absolute atomic E-state index is 0. The third-order valence-electron chi connectivity index (χ3n) is 13.4. The zero-order chi connectivity index (χ0) is 58.2. The molecule has 0 spiro atoms. The van der Waals surface area contributed by atoms with Crippen LogP contribution in [0.25, 0.3) is 17.4 Å². The van der Waals surface area contributed by atoms with E-state index < -0.39 is 54.1 Å². The van der Waals surface area contributed by atoms with Gasteiger partial charge >= 0.3 is 35.5 Å². The predicted molar refractivity (Wildman–Crippen MR) is 295 cm³/mol. The summed E-state index contributed by atoms with van der Waals surface area (Å²) in [5.41, 5.74) is 2.26. The van der Waals surface area contributed by atoms with Crippen LogP contribution >= 0.6 is 0 Å². The third kappa shape index (κ3) is 22.9. The number of unbranched alkanes of at least 4 members (excludes halogenated alkanes) is 2. The first kappa shape index (κ1) is 69.5. The molecule has 4 aliphatic rings. The normalized spacial score (nSPS) is 16.3. The molecule has 1 aromatic carbocycles. The molecule has 0 bridgehead atoms.